The number of aryl methyl sites for hydroxylation is 1. The van der Waals surface area contributed by atoms with Crippen LogP contribution in [0.15, 0.2) is 24.3 Å². The van der Waals surface area contributed by atoms with E-state index in [4.69, 9.17) is 4.74 Å². The summed E-state index contributed by atoms with van der Waals surface area (Å²) in [4.78, 5) is 0. The fourth-order valence-corrected chi connectivity index (χ4v) is 3.06. The molecule has 3 atom stereocenters. The monoisotopic (exact) mass is 261 g/mol. The van der Waals surface area contributed by atoms with Gasteiger partial charge in [0.05, 0.1) is 6.10 Å². The van der Waals surface area contributed by atoms with Crippen molar-refractivity contribution in [2.24, 2.45) is 5.92 Å². The minimum absolute atomic E-state index is 0.387. The lowest BCUT2D eigenvalue weighted by atomic mass is 9.87. The molecule has 1 saturated heterocycles. The largest absolute Gasteiger partial charge is 0.378 e. The Morgan fingerprint density at radius 1 is 1.37 bits per heavy atom. The first-order valence-corrected chi connectivity index (χ1v) is 7.62. The van der Waals surface area contributed by atoms with Gasteiger partial charge in [-0.1, -0.05) is 31.2 Å². The molecule has 1 aromatic carbocycles. The minimum Gasteiger partial charge on any atom is -0.378 e. The van der Waals surface area contributed by atoms with Gasteiger partial charge in [-0.05, 0) is 50.8 Å². The summed E-state index contributed by atoms with van der Waals surface area (Å²) in [6.07, 6.45) is 3.88. The summed E-state index contributed by atoms with van der Waals surface area (Å²) in [6, 6.07) is 9.28. The van der Waals surface area contributed by atoms with Crippen molar-refractivity contribution < 1.29 is 4.74 Å². The predicted octanol–water partition coefficient (Wildman–Crippen LogP) is 3.33. The van der Waals surface area contributed by atoms with Gasteiger partial charge in [0.15, 0.2) is 0 Å². The number of ether oxygens (including phenoxy) is 1. The molecule has 1 N–H and O–H groups in total. The second-order valence-electron chi connectivity index (χ2n) is 5.72. The van der Waals surface area contributed by atoms with Gasteiger partial charge in [-0.3, -0.25) is 0 Å². The zero-order valence-corrected chi connectivity index (χ0v) is 12.5. The van der Waals surface area contributed by atoms with Crippen LogP contribution in [0.25, 0.3) is 0 Å². The fraction of sp³-hybridized carbons (Fsp3) is 0.647. The summed E-state index contributed by atoms with van der Waals surface area (Å²) in [5, 5.41) is 3.74. The van der Waals surface area contributed by atoms with Gasteiger partial charge in [0, 0.05) is 18.6 Å². The van der Waals surface area contributed by atoms with E-state index in [1.54, 1.807) is 0 Å². The number of benzene rings is 1. The maximum atomic E-state index is 5.75. The smallest absolute Gasteiger partial charge is 0.0590 e. The summed E-state index contributed by atoms with van der Waals surface area (Å²) in [5.41, 5.74) is 2.87. The van der Waals surface area contributed by atoms with Crippen molar-refractivity contribution in [2.75, 3.05) is 13.2 Å². The molecule has 0 bridgehead atoms. The highest BCUT2D eigenvalue weighted by Gasteiger charge is 2.31. The third kappa shape index (κ3) is 3.80. The van der Waals surface area contributed by atoms with Gasteiger partial charge in [0.2, 0.25) is 0 Å². The van der Waals surface area contributed by atoms with Gasteiger partial charge < -0.3 is 10.1 Å². The van der Waals surface area contributed by atoms with E-state index in [0.717, 1.165) is 19.6 Å². The molecule has 19 heavy (non-hydrogen) atoms. The molecule has 1 aliphatic heterocycles. The van der Waals surface area contributed by atoms with E-state index >= 15 is 0 Å². The molecule has 2 nitrogen and oxygen atoms in total. The third-order valence-electron chi connectivity index (χ3n) is 4.31. The zero-order valence-electron chi connectivity index (χ0n) is 12.5. The Labute approximate surface area is 117 Å². The molecule has 0 radical (unpaired) electrons. The number of hydrogen-bond acceptors (Lipinski definition) is 2. The van der Waals surface area contributed by atoms with Crippen LogP contribution in [0, 0.1) is 12.8 Å². The van der Waals surface area contributed by atoms with Crippen LogP contribution >= 0.6 is 0 Å². The van der Waals surface area contributed by atoms with Crippen molar-refractivity contribution in [3.63, 3.8) is 0 Å². The fourth-order valence-electron chi connectivity index (χ4n) is 3.06. The Hall–Kier alpha value is -0.860. The van der Waals surface area contributed by atoms with Crippen LogP contribution in [0.3, 0.4) is 0 Å². The third-order valence-corrected chi connectivity index (χ3v) is 4.31. The molecule has 0 spiro atoms. The normalized spacial score (nSPS) is 24.6. The van der Waals surface area contributed by atoms with Crippen molar-refractivity contribution in [1.82, 2.24) is 5.32 Å². The average Bonchev–Trinajstić information content (AvgIpc) is 2.83. The molecular formula is C17H27NO. The molecule has 106 valence electrons. The molecule has 1 fully saturated rings. The second-order valence-corrected chi connectivity index (χ2v) is 5.72. The van der Waals surface area contributed by atoms with Gasteiger partial charge in [-0.25, -0.2) is 0 Å². The van der Waals surface area contributed by atoms with Gasteiger partial charge >= 0.3 is 0 Å². The molecular weight excluding hydrogens is 234 g/mol. The Bertz CT molecular complexity index is 391. The summed E-state index contributed by atoms with van der Waals surface area (Å²) in [6.45, 7) is 8.67. The lowest BCUT2D eigenvalue weighted by molar-refractivity contribution is 0.0953. The van der Waals surface area contributed by atoms with E-state index in [1.807, 2.05) is 0 Å². The van der Waals surface area contributed by atoms with E-state index < -0.39 is 0 Å². The Morgan fingerprint density at radius 3 is 2.79 bits per heavy atom. The predicted molar refractivity (Wildman–Crippen MR) is 80.5 cm³/mol. The highest BCUT2D eigenvalue weighted by atomic mass is 16.5. The molecule has 0 saturated carbocycles. The zero-order chi connectivity index (χ0) is 13.7. The van der Waals surface area contributed by atoms with Crippen molar-refractivity contribution in [1.29, 1.82) is 0 Å². The standard InChI is InChI=1S/C17H27NO/c1-4-10-18-17(16-9-11-19-14(16)3)12-15-8-6-5-7-13(15)2/h5-8,14,16-18H,4,9-12H2,1-3H3. The summed E-state index contributed by atoms with van der Waals surface area (Å²) >= 11 is 0. The SMILES string of the molecule is CCCNC(Cc1ccccc1C)C1CCOC1C. The van der Waals surface area contributed by atoms with Crippen LogP contribution in [0.5, 0.6) is 0 Å². The van der Waals surface area contributed by atoms with Crippen LogP contribution in [0.4, 0.5) is 0 Å². The summed E-state index contributed by atoms with van der Waals surface area (Å²) in [7, 11) is 0. The lowest BCUT2D eigenvalue weighted by Gasteiger charge is -2.27. The maximum Gasteiger partial charge on any atom is 0.0590 e. The van der Waals surface area contributed by atoms with Crippen molar-refractivity contribution in [2.45, 2.75) is 52.2 Å². The molecule has 2 heteroatoms. The first-order chi connectivity index (χ1) is 9.22. The molecule has 3 unspecified atom stereocenters. The quantitative estimate of drug-likeness (QED) is 0.848. The number of hydrogen-bond donors (Lipinski definition) is 1. The number of nitrogens with one attached hydrogen (secondary N) is 1. The van der Waals surface area contributed by atoms with E-state index in [-0.39, 0.29) is 0 Å². The second kappa shape index (κ2) is 7.06. The Kier molecular flexibility index (Phi) is 5.41. The van der Waals surface area contributed by atoms with E-state index in [9.17, 15) is 0 Å². The lowest BCUT2D eigenvalue weighted by Crippen LogP contribution is -2.41. The van der Waals surface area contributed by atoms with Crippen LogP contribution in [0.1, 0.15) is 37.8 Å². The van der Waals surface area contributed by atoms with Crippen LogP contribution in [-0.4, -0.2) is 25.3 Å². The summed E-state index contributed by atoms with van der Waals surface area (Å²) in [5.74, 6) is 0.645. The molecule has 2 rings (SSSR count). The molecule has 0 amide bonds. The van der Waals surface area contributed by atoms with Crippen molar-refractivity contribution in [3.8, 4) is 0 Å². The average molecular weight is 261 g/mol. The van der Waals surface area contributed by atoms with Crippen molar-refractivity contribution >= 4 is 0 Å². The molecule has 1 aliphatic rings. The van der Waals surface area contributed by atoms with Gasteiger partial charge in [0.1, 0.15) is 0 Å². The van der Waals surface area contributed by atoms with Gasteiger partial charge in [0.25, 0.3) is 0 Å². The maximum absolute atomic E-state index is 5.75. The van der Waals surface area contributed by atoms with Gasteiger partial charge in [-0.15, -0.1) is 0 Å². The number of rotatable bonds is 6. The van der Waals surface area contributed by atoms with E-state index in [2.05, 4.69) is 50.4 Å². The van der Waals surface area contributed by atoms with Crippen molar-refractivity contribution in [3.05, 3.63) is 35.4 Å². The molecule has 0 aromatic heterocycles. The first-order valence-electron chi connectivity index (χ1n) is 7.62. The topological polar surface area (TPSA) is 21.3 Å². The van der Waals surface area contributed by atoms with Crippen LogP contribution in [-0.2, 0) is 11.2 Å². The molecule has 1 aromatic rings. The van der Waals surface area contributed by atoms with Crippen LogP contribution < -0.4 is 5.32 Å². The summed E-state index contributed by atoms with van der Waals surface area (Å²) < 4.78 is 5.75. The van der Waals surface area contributed by atoms with Crippen LogP contribution in [0.2, 0.25) is 0 Å². The van der Waals surface area contributed by atoms with E-state index in [1.165, 1.54) is 24.0 Å². The Balaban J connectivity index is 2.07. The van der Waals surface area contributed by atoms with E-state index in [0.29, 0.717) is 18.1 Å². The molecule has 0 aliphatic carbocycles. The molecule has 1 heterocycles. The van der Waals surface area contributed by atoms with Gasteiger partial charge in [-0.2, -0.15) is 0 Å². The highest BCUT2D eigenvalue weighted by molar-refractivity contribution is 5.26. The minimum atomic E-state index is 0.387. The first kappa shape index (κ1) is 14.5. The highest BCUT2D eigenvalue weighted by Crippen LogP contribution is 2.26. The Morgan fingerprint density at radius 2 is 2.16 bits per heavy atom.